The number of hydrogen-bond donors (Lipinski definition) is 1. The smallest absolute Gasteiger partial charge is 0.137 e. The monoisotopic (exact) mass is 295 g/mol. The summed E-state index contributed by atoms with van der Waals surface area (Å²) >= 11 is 6.22. The van der Waals surface area contributed by atoms with Crippen molar-refractivity contribution < 1.29 is 0 Å². The van der Waals surface area contributed by atoms with Crippen LogP contribution in [0.4, 0.5) is 5.82 Å². The lowest BCUT2D eigenvalue weighted by Crippen LogP contribution is -2.31. The lowest BCUT2D eigenvalue weighted by Gasteiger charge is -2.31. The number of nitrogens with zero attached hydrogens (tertiary/aromatic N) is 2. The molecule has 3 nitrogen and oxygen atoms in total. The molecule has 1 aliphatic rings. The van der Waals surface area contributed by atoms with Gasteiger partial charge in [-0.2, -0.15) is 0 Å². The fourth-order valence-electron chi connectivity index (χ4n) is 3.10. The summed E-state index contributed by atoms with van der Waals surface area (Å²) in [7, 11) is 0. The third-order valence-electron chi connectivity index (χ3n) is 4.43. The first kappa shape index (κ1) is 15.6. The van der Waals surface area contributed by atoms with Gasteiger partial charge in [0.05, 0.1) is 0 Å². The van der Waals surface area contributed by atoms with Gasteiger partial charge < -0.3 is 5.32 Å². The van der Waals surface area contributed by atoms with Gasteiger partial charge in [-0.25, -0.2) is 9.97 Å². The van der Waals surface area contributed by atoms with E-state index in [0.717, 1.165) is 36.0 Å². The topological polar surface area (TPSA) is 37.8 Å². The van der Waals surface area contributed by atoms with Crippen molar-refractivity contribution in [1.29, 1.82) is 0 Å². The molecule has 1 saturated carbocycles. The average Bonchev–Trinajstić information content (AvgIpc) is 2.49. The van der Waals surface area contributed by atoms with Crippen molar-refractivity contribution in [2.24, 2.45) is 5.92 Å². The first-order valence-electron chi connectivity index (χ1n) is 7.95. The molecule has 0 saturated heterocycles. The molecule has 1 aromatic heterocycles. The highest BCUT2D eigenvalue weighted by molar-refractivity contribution is 6.30. The van der Waals surface area contributed by atoms with Gasteiger partial charge in [-0.3, -0.25) is 0 Å². The molecule has 1 fully saturated rings. The van der Waals surface area contributed by atoms with Gasteiger partial charge in [0, 0.05) is 18.0 Å². The molecule has 0 amide bonds. The molecule has 112 valence electrons. The molecule has 1 atom stereocenters. The second kappa shape index (κ2) is 7.26. The molecule has 0 aromatic carbocycles. The van der Waals surface area contributed by atoms with Gasteiger partial charge in [-0.1, -0.05) is 44.7 Å². The Labute approximate surface area is 127 Å². The third kappa shape index (κ3) is 3.63. The van der Waals surface area contributed by atoms with Crippen LogP contribution in [0.25, 0.3) is 0 Å². The van der Waals surface area contributed by atoms with Gasteiger partial charge in [0.2, 0.25) is 0 Å². The summed E-state index contributed by atoms with van der Waals surface area (Å²) in [5.41, 5.74) is 0.970. The molecule has 4 heteroatoms. The summed E-state index contributed by atoms with van der Waals surface area (Å²) in [6.45, 7) is 6.31. The van der Waals surface area contributed by atoms with Gasteiger partial charge in [0.1, 0.15) is 16.8 Å². The number of rotatable bonds is 5. The van der Waals surface area contributed by atoms with E-state index >= 15 is 0 Å². The highest BCUT2D eigenvalue weighted by Gasteiger charge is 2.23. The second-order valence-electron chi connectivity index (χ2n) is 5.81. The third-order valence-corrected chi connectivity index (χ3v) is 4.80. The van der Waals surface area contributed by atoms with Crippen molar-refractivity contribution in [2.75, 3.05) is 5.32 Å². The first-order valence-corrected chi connectivity index (χ1v) is 8.33. The minimum Gasteiger partial charge on any atom is -0.367 e. The zero-order valence-electron chi connectivity index (χ0n) is 12.9. The van der Waals surface area contributed by atoms with Gasteiger partial charge >= 0.3 is 0 Å². The van der Waals surface area contributed by atoms with Crippen molar-refractivity contribution in [3.63, 3.8) is 0 Å². The van der Waals surface area contributed by atoms with E-state index in [1.54, 1.807) is 0 Å². The molecule has 1 N–H and O–H groups in total. The SMILES string of the molecule is CCc1nc(Cl)c(C)c(NC(CC)C2CCCCC2)n1. The van der Waals surface area contributed by atoms with E-state index in [4.69, 9.17) is 11.6 Å². The number of nitrogens with one attached hydrogen (secondary N) is 1. The summed E-state index contributed by atoms with van der Waals surface area (Å²) in [6, 6.07) is 0.504. The Morgan fingerprint density at radius 1 is 1.20 bits per heavy atom. The van der Waals surface area contributed by atoms with Crippen LogP contribution in [-0.4, -0.2) is 16.0 Å². The number of halogens is 1. The van der Waals surface area contributed by atoms with E-state index in [2.05, 4.69) is 29.1 Å². The van der Waals surface area contributed by atoms with E-state index < -0.39 is 0 Å². The van der Waals surface area contributed by atoms with Crippen LogP contribution < -0.4 is 5.32 Å². The minimum atomic E-state index is 0.504. The molecule has 0 bridgehead atoms. The molecule has 0 aliphatic heterocycles. The van der Waals surface area contributed by atoms with E-state index in [-0.39, 0.29) is 0 Å². The van der Waals surface area contributed by atoms with Crippen LogP contribution in [0.15, 0.2) is 0 Å². The average molecular weight is 296 g/mol. The Balaban J connectivity index is 2.15. The van der Waals surface area contributed by atoms with E-state index in [1.165, 1.54) is 32.1 Å². The predicted molar refractivity (Wildman–Crippen MR) is 85.4 cm³/mol. The quantitative estimate of drug-likeness (QED) is 0.795. The van der Waals surface area contributed by atoms with Crippen molar-refractivity contribution in [1.82, 2.24) is 9.97 Å². The van der Waals surface area contributed by atoms with Crippen molar-refractivity contribution in [3.05, 3.63) is 16.5 Å². The predicted octanol–water partition coefficient (Wildman–Crippen LogP) is 4.77. The zero-order valence-corrected chi connectivity index (χ0v) is 13.6. The van der Waals surface area contributed by atoms with Crippen molar-refractivity contribution in [3.8, 4) is 0 Å². The van der Waals surface area contributed by atoms with Crippen LogP contribution in [0.2, 0.25) is 5.15 Å². The lowest BCUT2D eigenvalue weighted by molar-refractivity contribution is 0.312. The molecular formula is C16H26ClN3. The highest BCUT2D eigenvalue weighted by atomic mass is 35.5. The number of aromatic nitrogens is 2. The number of aryl methyl sites for hydroxylation is 1. The van der Waals surface area contributed by atoms with Gasteiger partial charge in [0.15, 0.2) is 0 Å². The largest absolute Gasteiger partial charge is 0.367 e. The van der Waals surface area contributed by atoms with Gasteiger partial charge in [-0.15, -0.1) is 0 Å². The van der Waals surface area contributed by atoms with Crippen LogP contribution in [0.1, 0.15) is 63.8 Å². The maximum Gasteiger partial charge on any atom is 0.137 e. The molecule has 1 unspecified atom stereocenters. The second-order valence-corrected chi connectivity index (χ2v) is 6.17. The lowest BCUT2D eigenvalue weighted by atomic mass is 9.83. The Bertz CT molecular complexity index is 442. The molecule has 20 heavy (non-hydrogen) atoms. The minimum absolute atomic E-state index is 0.504. The highest BCUT2D eigenvalue weighted by Crippen LogP contribution is 2.30. The summed E-state index contributed by atoms with van der Waals surface area (Å²) in [5, 5.41) is 4.23. The van der Waals surface area contributed by atoms with E-state index in [9.17, 15) is 0 Å². The summed E-state index contributed by atoms with van der Waals surface area (Å²) in [6.07, 6.45) is 8.75. The maximum atomic E-state index is 6.22. The molecule has 1 aliphatic carbocycles. The fourth-order valence-corrected chi connectivity index (χ4v) is 3.28. The molecule has 1 aromatic rings. The normalized spacial score (nSPS) is 18.0. The summed E-state index contributed by atoms with van der Waals surface area (Å²) in [4.78, 5) is 8.94. The molecule has 0 spiro atoms. The van der Waals surface area contributed by atoms with E-state index in [0.29, 0.717) is 11.2 Å². The summed E-state index contributed by atoms with van der Waals surface area (Å²) in [5.74, 6) is 2.52. The molecular weight excluding hydrogens is 270 g/mol. The molecule has 2 rings (SSSR count). The molecule has 1 heterocycles. The van der Waals surface area contributed by atoms with Crippen LogP contribution in [0.3, 0.4) is 0 Å². The zero-order chi connectivity index (χ0) is 14.5. The van der Waals surface area contributed by atoms with Crippen LogP contribution in [-0.2, 0) is 6.42 Å². The number of anilines is 1. The van der Waals surface area contributed by atoms with E-state index in [1.807, 2.05) is 6.92 Å². The summed E-state index contributed by atoms with van der Waals surface area (Å²) < 4.78 is 0. The van der Waals surface area contributed by atoms with Gasteiger partial charge in [0.25, 0.3) is 0 Å². The Morgan fingerprint density at radius 3 is 2.50 bits per heavy atom. The fraction of sp³-hybridized carbons (Fsp3) is 0.750. The van der Waals surface area contributed by atoms with Crippen LogP contribution in [0.5, 0.6) is 0 Å². The first-order chi connectivity index (χ1) is 9.65. The van der Waals surface area contributed by atoms with Crippen LogP contribution in [0, 0.1) is 12.8 Å². The number of hydrogen-bond acceptors (Lipinski definition) is 3. The Hall–Kier alpha value is -0.830. The molecule has 0 radical (unpaired) electrons. The Kier molecular flexibility index (Phi) is 5.64. The Morgan fingerprint density at radius 2 is 1.90 bits per heavy atom. The van der Waals surface area contributed by atoms with Gasteiger partial charge in [-0.05, 0) is 32.1 Å². The maximum absolute atomic E-state index is 6.22. The van der Waals surface area contributed by atoms with Crippen molar-refractivity contribution in [2.45, 2.75) is 71.8 Å². The van der Waals surface area contributed by atoms with Crippen LogP contribution >= 0.6 is 11.6 Å². The van der Waals surface area contributed by atoms with Crippen molar-refractivity contribution >= 4 is 17.4 Å². The standard InChI is InChI=1S/C16H26ClN3/c1-4-13(12-9-7-6-8-10-12)18-16-11(3)15(17)19-14(5-2)20-16/h12-13H,4-10H2,1-3H3,(H,18,19,20).